The maximum absolute atomic E-state index is 5.42. The quantitative estimate of drug-likeness (QED) is 0.411. The van der Waals surface area contributed by atoms with Gasteiger partial charge in [0.1, 0.15) is 11.5 Å². The minimum absolute atomic E-state index is 0.427. The van der Waals surface area contributed by atoms with Crippen LogP contribution in [0.15, 0.2) is 46.1 Å². The average molecular weight is 424 g/mol. The zero-order chi connectivity index (χ0) is 21.1. The second-order valence-electron chi connectivity index (χ2n) is 6.46. The van der Waals surface area contributed by atoms with Crippen molar-refractivity contribution in [1.29, 1.82) is 0 Å². The SMILES string of the molecule is COc1ccc(-c2noc(CSc3nnnn3-c3cccc(C)c3C)n2)c(OC)c1. The molecule has 2 aromatic carbocycles. The number of rotatable bonds is 7. The summed E-state index contributed by atoms with van der Waals surface area (Å²) in [6.07, 6.45) is 0. The van der Waals surface area contributed by atoms with Crippen molar-refractivity contribution in [2.75, 3.05) is 14.2 Å². The van der Waals surface area contributed by atoms with Crippen molar-refractivity contribution < 1.29 is 14.0 Å². The molecular weight excluding hydrogens is 404 g/mol. The summed E-state index contributed by atoms with van der Waals surface area (Å²) in [7, 11) is 3.19. The Morgan fingerprint density at radius 1 is 1.10 bits per heavy atom. The molecular formula is C20H20N6O3S. The monoisotopic (exact) mass is 424 g/mol. The highest BCUT2D eigenvalue weighted by molar-refractivity contribution is 7.98. The number of hydrogen-bond donors (Lipinski definition) is 0. The lowest BCUT2D eigenvalue weighted by Crippen LogP contribution is -2.02. The van der Waals surface area contributed by atoms with Crippen molar-refractivity contribution >= 4 is 11.8 Å². The molecule has 0 saturated carbocycles. The first-order chi connectivity index (χ1) is 14.6. The Balaban J connectivity index is 1.53. The van der Waals surface area contributed by atoms with Gasteiger partial charge in [0.25, 0.3) is 0 Å². The molecule has 0 fully saturated rings. The van der Waals surface area contributed by atoms with E-state index in [1.54, 1.807) is 25.0 Å². The van der Waals surface area contributed by atoms with Crippen LogP contribution in [0.5, 0.6) is 11.5 Å². The molecule has 0 amide bonds. The fraction of sp³-hybridized carbons (Fsp3) is 0.250. The lowest BCUT2D eigenvalue weighted by atomic mass is 10.1. The smallest absolute Gasteiger partial charge is 0.237 e. The van der Waals surface area contributed by atoms with Crippen molar-refractivity contribution in [3.63, 3.8) is 0 Å². The van der Waals surface area contributed by atoms with E-state index < -0.39 is 0 Å². The van der Waals surface area contributed by atoms with Crippen LogP contribution in [-0.4, -0.2) is 44.6 Å². The molecule has 154 valence electrons. The van der Waals surface area contributed by atoms with Crippen LogP contribution < -0.4 is 9.47 Å². The van der Waals surface area contributed by atoms with Gasteiger partial charge in [-0.25, -0.2) is 0 Å². The number of thioether (sulfide) groups is 1. The van der Waals surface area contributed by atoms with Gasteiger partial charge in [0, 0.05) is 6.07 Å². The predicted molar refractivity (Wildman–Crippen MR) is 111 cm³/mol. The van der Waals surface area contributed by atoms with E-state index >= 15 is 0 Å². The van der Waals surface area contributed by atoms with Gasteiger partial charge in [-0.1, -0.05) is 29.1 Å². The summed E-state index contributed by atoms with van der Waals surface area (Å²) in [4.78, 5) is 4.48. The van der Waals surface area contributed by atoms with Gasteiger partial charge in [-0.15, -0.1) is 5.10 Å². The van der Waals surface area contributed by atoms with Crippen LogP contribution in [-0.2, 0) is 5.75 Å². The lowest BCUT2D eigenvalue weighted by Gasteiger charge is -2.08. The second-order valence-corrected chi connectivity index (χ2v) is 7.40. The van der Waals surface area contributed by atoms with Crippen LogP contribution in [0.3, 0.4) is 0 Å². The number of benzene rings is 2. The van der Waals surface area contributed by atoms with Gasteiger partial charge in [0.15, 0.2) is 0 Å². The number of ether oxygens (including phenoxy) is 2. The summed E-state index contributed by atoms with van der Waals surface area (Å²) < 4.78 is 17.8. The van der Waals surface area contributed by atoms with Crippen molar-refractivity contribution in [2.24, 2.45) is 0 Å². The van der Waals surface area contributed by atoms with E-state index in [4.69, 9.17) is 14.0 Å². The van der Waals surface area contributed by atoms with Crippen LogP contribution >= 0.6 is 11.8 Å². The summed E-state index contributed by atoms with van der Waals surface area (Å²) in [5.41, 5.74) is 3.96. The van der Waals surface area contributed by atoms with E-state index in [9.17, 15) is 0 Å². The predicted octanol–water partition coefficient (Wildman–Crippen LogP) is 3.64. The molecule has 4 aromatic rings. The molecule has 0 aliphatic carbocycles. The normalized spacial score (nSPS) is 10.9. The highest BCUT2D eigenvalue weighted by Crippen LogP contribution is 2.32. The molecule has 2 aromatic heterocycles. The minimum atomic E-state index is 0.427. The van der Waals surface area contributed by atoms with Gasteiger partial charge in [-0.3, -0.25) is 0 Å². The third-order valence-electron chi connectivity index (χ3n) is 4.69. The van der Waals surface area contributed by atoms with Gasteiger partial charge in [-0.2, -0.15) is 9.67 Å². The zero-order valence-corrected chi connectivity index (χ0v) is 17.8. The molecule has 9 nitrogen and oxygen atoms in total. The van der Waals surface area contributed by atoms with Gasteiger partial charge < -0.3 is 14.0 Å². The van der Waals surface area contributed by atoms with E-state index in [0.29, 0.717) is 34.1 Å². The van der Waals surface area contributed by atoms with Crippen LogP contribution in [0.25, 0.3) is 17.1 Å². The van der Waals surface area contributed by atoms with Crippen molar-refractivity contribution in [3.8, 4) is 28.6 Å². The van der Waals surface area contributed by atoms with Gasteiger partial charge in [-0.05, 0) is 53.6 Å². The highest BCUT2D eigenvalue weighted by atomic mass is 32.2. The van der Waals surface area contributed by atoms with Crippen molar-refractivity contribution in [2.45, 2.75) is 24.8 Å². The van der Waals surface area contributed by atoms with Crippen molar-refractivity contribution in [1.82, 2.24) is 30.3 Å². The Bertz CT molecular complexity index is 1170. The lowest BCUT2D eigenvalue weighted by molar-refractivity contribution is 0.388. The summed E-state index contributed by atoms with van der Waals surface area (Å²) >= 11 is 1.42. The summed E-state index contributed by atoms with van der Waals surface area (Å²) in [6.45, 7) is 4.11. The van der Waals surface area contributed by atoms with Gasteiger partial charge in [0.05, 0.1) is 31.2 Å². The molecule has 4 rings (SSSR count). The topological polar surface area (TPSA) is 101 Å². The van der Waals surface area contributed by atoms with Crippen LogP contribution in [0.4, 0.5) is 0 Å². The Labute approximate surface area is 177 Å². The third kappa shape index (κ3) is 3.86. The first-order valence-electron chi connectivity index (χ1n) is 9.13. The summed E-state index contributed by atoms with van der Waals surface area (Å²) in [5, 5.41) is 16.8. The molecule has 2 heterocycles. The Morgan fingerprint density at radius 3 is 2.77 bits per heavy atom. The second kappa shape index (κ2) is 8.54. The molecule has 0 aliphatic heterocycles. The van der Waals surface area contributed by atoms with E-state index in [1.807, 2.05) is 31.2 Å². The minimum Gasteiger partial charge on any atom is -0.497 e. The molecule has 0 spiro atoms. The number of nitrogens with zero attached hydrogens (tertiary/aromatic N) is 6. The maximum Gasteiger partial charge on any atom is 0.237 e. The van der Waals surface area contributed by atoms with Gasteiger partial charge >= 0.3 is 0 Å². The third-order valence-corrected chi connectivity index (χ3v) is 5.59. The molecule has 0 bridgehead atoms. The molecule has 10 heteroatoms. The molecule has 0 radical (unpaired) electrons. The van der Waals surface area contributed by atoms with Crippen LogP contribution in [0.1, 0.15) is 17.0 Å². The van der Waals surface area contributed by atoms with Crippen molar-refractivity contribution in [3.05, 3.63) is 53.4 Å². The first-order valence-corrected chi connectivity index (χ1v) is 10.1. The standard InChI is InChI=1S/C20H20N6O3S/c1-12-6-5-7-16(13(12)2)26-20(22-24-25-26)30-11-18-21-19(23-29-18)15-9-8-14(27-3)10-17(15)28-4/h5-10H,11H2,1-4H3. The van der Waals surface area contributed by atoms with E-state index in [-0.39, 0.29) is 0 Å². The van der Waals surface area contributed by atoms with E-state index in [1.165, 1.54) is 17.3 Å². The highest BCUT2D eigenvalue weighted by Gasteiger charge is 2.17. The molecule has 0 saturated heterocycles. The summed E-state index contributed by atoms with van der Waals surface area (Å²) in [6, 6.07) is 11.5. The molecule has 0 atom stereocenters. The average Bonchev–Trinajstić information content (AvgIpc) is 3.43. The Morgan fingerprint density at radius 2 is 1.97 bits per heavy atom. The number of aromatic nitrogens is 6. The maximum atomic E-state index is 5.42. The van der Waals surface area contributed by atoms with Crippen LogP contribution in [0.2, 0.25) is 0 Å². The number of aryl methyl sites for hydroxylation is 1. The first kappa shape index (κ1) is 19.9. The van der Waals surface area contributed by atoms with Gasteiger partial charge in [0.2, 0.25) is 16.9 Å². The molecule has 30 heavy (non-hydrogen) atoms. The van der Waals surface area contributed by atoms with E-state index in [0.717, 1.165) is 16.8 Å². The zero-order valence-electron chi connectivity index (χ0n) is 17.0. The Hall–Kier alpha value is -3.40. The molecule has 0 N–H and O–H groups in total. The Kier molecular flexibility index (Phi) is 5.66. The molecule has 0 aliphatic rings. The largest absolute Gasteiger partial charge is 0.497 e. The van der Waals surface area contributed by atoms with Crippen LogP contribution in [0, 0.1) is 13.8 Å². The fourth-order valence-electron chi connectivity index (χ4n) is 2.92. The molecule has 0 unspecified atom stereocenters. The number of methoxy groups -OCH3 is 2. The summed E-state index contributed by atoms with van der Waals surface area (Å²) in [5.74, 6) is 2.63. The number of hydrogen-bond acceptors (Lipinski definition) is 9. The fourth-order valence-corrected chi connectivity index (χ4v) is 3.64. The van der Waals surface area contributed by atoms with E-state index in [2.05, 4.69) is 38.7 Å². The number of tetrazole rings is 1.